The number of carbonyl (C=O) groups excluding carboxylic acids is 3. The van der Waals surface area contributed by atoms with Crippen LogP contribution in [0.25, 0.3) is 0 Å². The maximum absolute atomic E-state index is 13.6. The van der Waals surface area contributed by atoms with E-state index in [2.05, 4.69) is 10.6 Å². The Morgan fingerprint density at radius 1 is 0.953 bits per heavy atom. The van der Waals surface area contributed by atoms with Gasteiger partial charge in [-0.05, 0) is 56.1 Å². The maximum atomic E-state index is 13.6. The Kier molecular flexibility index (Phi) is 12.8. The van der Waals surface area contributed by atoms with Crippen LogP contribution in [0.4, 0.5) is 0 Å². The maximum Gasteiger partial charge on any atom is 0.309 e. The van der Waals surface area contributed by atoms with Gasteiger partial charge in [-0.3, -0.25) is 14.4 Å². The second-order valence-corrected chi connectivity index (χ2v) is 12.0. The highest BCUT2D eigenvalue weighted by molar-refractivity contribution is 5.86. The van der Waals surface area contributed by atoms with Crippen LogP contribution in [0.3, 0.4) is 0 Å². The topological polar surface area (TPSA) is 114 Å². The molecule has 3 atom stereocenters. The molecule has 8 heteroatoms. The van der Waals surface area contributed by atoms with E-state index in [4.69, 9.17) is 9.47 Å². The number of rotatable bonds is 10. The van der Waals surface area contributed by atoms with Crippen LogP contribution in [0.5, 0.6) is 0 Å². The fourth-order valence-electron chi connectivity index (χ4n) is 5.93. The Balaban J connectivity index is 1.45. The van der Waals surface area contributed by atoms with Gasteiger partial charge in [0.15, 0.2) is 0 Å². The zero-order valence-corrected chi connectivity index (χ0v) is 25.0. The smallest absolute Gasteiger partial charge is 0.309 e. The molecule has 8 nitrogen and oxygen atoms in total. The predicted octanol–water partition coefficient (Wildman–Crippen LogP) is 4.65. The van der Waals surface area contributed by atoms with E-state index in [1.807, 2.05) is 72.8 Å². The number of ether oxygens (including phenoxy) is 2. The van der Waals surface area contributed by atoms with Gasteiger partial charge in [-0.2, -0.15) is 0 Å². The molecule has 1 fully saturated rings. The van der Waals surface area contributed by atoms with Crippen molar-refractivity contribution in [3.63, 3.8) is 0 Å². The van der Waals surface area contributed by atoms with Crippen LogP contribution in [-0.4, -0.2) is 54.3 Å². The first kappa shape index (κ1) is 32.4. The number of allylic oxidation sites excluding steroid dienone is 2. The lowest BCUT2D eigenvalue weighted by molar-refractivity contribution is -0.151. The predicted molar refractivity (Wildman–Crippen MR) is 165 cm³/mol. The molecule has 232 valence electrons. The molecule has 43 heavy (non-hydrogen) atoms. The number of esters is 1. The summed E-state index contributed by atoms with van der Waals surface area (Å²) in [5.74, 6) is -1.70. The Morgan fingerprint density at radius 3 is 2.35 bits per heavy atom. The van der Waals surface area contributed by atoms with Crippen LogP contribution < -0.4 is 10.6 Å². The minimum atomic E-state index is -0.602. The van der Waals surface area contributed by atoms with E-state index in [0.29, 0.717) is 25.9 Å². The van der Waals surface area contributed by atoms with Crippen molar-refractivity contribution in [1.29, 1.82) is 0 Å². The number of aliphatic hydroxyl groups is 1. The average molecular weight is 591 g/mol. The highest BCUT2D eigenvalue weighted by atomic mass is 16.5. The molecule has 0 unspecified atom stereocenters. The van der Waals surface area contributed by atoms with Crippen LogP contribution in [0, 0.1) is 11.8 Å². The quantitative estimate of drug-likeness (QED) is 0.274. The van der Waals surface area contributed by atoms with Gasteiger partial charge in [0.2, 0.25) is 11.8 Å². The van der Waals surface area contributed by atoms with Crippen molar-refractivity contribution in [3.05, 3.63) is 83.9 Å². The van der Waals surface area contributed by atoms with Gasteiger partial charge in [0.1, 0.15) is 6.61 Å². The number of cyclic esters (lactones) is 1. The van der Waals surface area contributed by atoms with Crippen molar-refractivity contribution < 1.29 is 29.0 Å². The van der Waals surface area contributed by atoms with E-state index in [1.165, 1.54) is 0 Å². The van der Waals surface area contributed by atoms with Gasteiger partial charge >= 0.3 is 5.97 Å². The third-order valence-corrected chi connectivity index (χ3v) is 8.44. The van der Waals surface area contributed by atoms with E-state index in [1.54, 1.807) is 0 Å². The summed E-state index contributed by atoms with van der Waals surface area (Å²) in [6.07, 6.45) is 10.7. The number of amides is 2. The summed E-state index contributed by atoms with van der Waals surface area (Å²) < 4.78 is 11.7. The number of hydrogen-bond acceptors (Lipinski definition) is 6. The van der Waals surface area contributed by atoms with Crippen LogP contribution in [0.1, 0.15) is 68.9 Å². The molecular weight excluding hydrogens is 544 g/mol. The normalized spacial score (nSPS) is 23.1. The fraction of sp³-hybridized carbons (Fsp3) is 0.514. The standard InChI is InChI=1S/C35H46N2O6/c38-26-35(19-11-12-20-35)37-32(39)22-29-17-9-1-2-10-18-30(21-27-13-5-3-6-14-27)34(41)43-25-31(36-33(29)40)24-42-23-28-15-7-4-8-16-28/h1,3-9,13-16,29-31,38H,2,10-12,17-26H2,(H,36,40)(H,37,39)/t29-,30-,31+/m1/s1. The molecule has 2 amide bonds. The largest absolute Gasteiger partial charge is 0.463 e. The van der Waals surface area contributed by atoms with Crippen molar-refractivity contribution in [1.82, 2.24) is 10.6 Å². The van der Waals surface area contributed by atoms with Crippen molar-refractivity contribution in [3.8, 4) is 0 Å². The summed E-state index contributed by atoms with van der Waals surface area (Å²) in [7, 11) is 0. The van der Waals surface area contributed by atoms with Gasteiger partial charge in [0.25, 0.3) is 0 Å². The number of carbonyl (C=O) groups is 3. The number of hydrogen-bond donors (Lipinski definition) is 3. The third kappa shape index (κ3) is 10.6. The first-order valence-electron chi connectivity index (χ1n) is 15.7. The lowest BCUT2D eigenvalue weighted by atomic mass is 9.93. The monoisotopic (exact) mass is 590 g/mol. The van der Waals surface area contributed by atoms with Gasteiger partial charge in [-0.25, -0.2) is 0 Å². The summed E-state index contributed by atoms with van der Waals surface area (Å²) in [5, 5.41) is 16.0. The van der Waals surface area contributed by atoms with Crippen LogP contribution in [0.15, 0.2) is 72.8 Å². The molecular formula is C35H46N2O6. The number of nitrogens with one attached hydrogen (secondary N) is 2. The fourth-order valence-corrected chi connectivity index (χ4v) is 5.93. The van der Waals surface area contributed by atoms with Gasteiger partial charge < -0.3 is 25.2 Å². The van der Waals surface area contributed by atoms with E-state index in [-0.39, 0.29) is 49.9 Å². The highest BCUT2D eigenvalue weighted by Crippen LogP contribution is 2.29. The molecule has 2 aromatic rings. The summed E-state index contributed by atoms with van der Waals surface area (Å²) in [4.78, 5) is 39.9. The van der Waals surface area contributed by atoms with E-state index in [9.17, 15) is 19.5 Å². The summed E-state index contributed by atoms with van der Waals surface area (Å²) in [6, 6.07) is 19.1. The van der Waals surface area contributed by atoms with Crippen molar-refractivity contribution in [2.75, 3.05) is 19.8 Å². The molecule has 0 radical (unpaired) electrons. The average Bonchev–Trinajstić information content (AvgIpc) is 3.49. The zero-order valence-electron chi connectivity index (χ0n) is 25.0. The molecule has 0 aromatic heterocycles. The van der Waals surface area contributed by atoms with Crippen molar-refractivity contribution >= 4 is 17.8 Å². The first-order chi connectivity index (χ1) is 21.0. The molecule has 0 spiro atoms. The summed E-state index contributed by atoms with van der Waals surface area (Å²) in [5.41, 5.74) is 1.49. The first-order valence-corrected chi connectivity index (χ1v) is 15.7. The van der Waals surface area contributed by atoms with Crippen molar-refractivity contribution in [2.24, 2.45) is 11.8 Å². The molecule has 2 aliphatic rings. The van der Waals surface area contributed by atoms with Crippen LogP contribution >= 0.6 is 0 Å². The summed E-state index contributed by atoms with van der Waals surface area (Å²) >= 11 is 0. The molecule has 0 saturated heterocycles. The Morgan fingerprint density at radius 2 is 1.65 bits per heavy atom. The van der Waals surface area contributed by atoms with Crippen molar-refractivity contribution in [2.45, 2.75) is 82.4 Å². The molecule has 1 saturated carbocycles. The van der Waals surface area contributed by atoms with Crippen LogP contribution in [-0.2, 0) is 36.9 Å². The minimum Gasteiger partial charge on any atom is -0.463 e. The molecule has 0 bridgehead atoms. The number of benzene rings is 2. The van der Waals surface area contributed by atoms with Gasteiger partial charge in [0, 0.05) is 6.42 Å². The lowest BCUT2D eigenvalue weighted by Gasteiger charge is -2.29. The highest BCUT2D eigenvalue weighted by Gasteiger charge is 2.35. The molecule has 1 aliphatic heterocycles. The van der Waals surface area contributed by atoms with E-state index in [0.717, 1.165) is 49.7 Å². The molecule has 4 rings (SSSR count). The van der Waals surface area contributed by atoms with E-state index >= 15 is 0 Å². The Bertz CT molecular complexity index is 1180. The zero-order chi connectivity index (χ0) is 30.3. The molecule has 2 aromatic carbocycles. The van der Waals surface area contributed by atoms with Crippen LogP contribution in [0.2, 0.25) is 0 Å². The number of aliphatic hydroxyl groups excluding tert-OH is 1. The van der Waals surface area contributed by atoms with E-state index < -0.39 is 17.5 Å². The summed E-state index contributed by atoms with van der Waals surface area (Å²) in [6.45, 7) is 0.384. The second-order valence-electron chi connectivity index (χ2n) is 12.0. The minimum absolute atomic E-state index is 0.00839. The van der Waals surface area contributed by atoms with Gasteiger partial charge in [-0.15, -0.1) is 0 Å². The SMILES string of the molecule is O=C(C[C@H]1CC=CCCC[C@H](Cc2ccccc2)C(=O)OC[C@H](COCc2ccccc2)NC1=O)NC1(CO)CCCC1. The Labute approximate surface area is 255 Å². The third-order valence-electron chi connectivity index (χ3n) is 8.44. The van der Waals surface area contributed by atoms with Gasteiger partial charge in [-0.1, -0.05) is 85.7 Å². The van der Waals surface area contributed by atoms with Gasteiger partial charge in [0.05, 0.1) is 43.2 Å². The molecule has 3 N–H and O–H groups in total. The lowest BCUT2D eigenvalue weighted by Crippen LogP contribution is -2.51. The molecule has 1 heterocycles. The Hall–Kier alpha value is -3.49. The second kappa shape index (κ2) is 17.0. The molecule has 1 aliphatic carbocycles.